The molecule has 1 heterocycles. The van der Waals surface area contributed by atoms with Crippen LogP contribution in [0, 0.1) is 0 Å². The lowest BCUT2D eigenvalue weighted by atomic mass is 9.81. The first-order valence-corrected chi connectivity index (χ1v) is 19.5. The van der Waals surface area contributed by atoms with Crippen molar-refractivity contribution in [2.24, 2.45) is 0 Å². The van der Waals surface area contributed by atoms with Gasteiger partial charge in [-0.15, -0.1) is 0 Å². The lowest BCUT2D eigenvalue weighted by Crippen LogP contribution is -2.16. The van der Waals surface area contributed by atoms with E-state index >= 15 is 0 Å². The first-order valence-electron chi connectivity index (χ1n) is 29.5. The molecule has 1 aromatic heterocycles. The molecule has 10 aromatic rings. The van der Waals surface area contributed by atoms with Crippen molar-refractivity contribution >= 4 is 49.8 Å². The molecule has 9 aromatic carbocycles. The summed E-state index contributed by atoms with van der Waals surface area (Å²) in [6.07, 6.45) is 0. The van der Waals surface area contributed by atoms with Crippen LogP contribution in [0.1, 0.15) is 77.2 Å². The standard InChI is InChI=1S/C58H43NO/c1-57(2)51-22-11-8-19-45(51)49-33-38(25-31-52(49)57)56-42-17-6-5-14-36(42)24-28-43(56)37-15-13-16-39(32-37)59(41-27-30-48-47-20-9-12-23-54(47)60-55(48)35-41)40-26-29-46-44-18-7-10-21-50(44)58(3,4)53(46)34-40/h5-35H,1-4H3/i3D3,4D3,7D,9D,10D,12D,18D,20D,21D,23D,26D,27D,29D,30D,34D,35D. The van der Waals surface area contributed by atoms with Gasteiger partial charge in [-0.25, -0.2) is 0 Å². The maximum Gasteiger partial charge on any atom is 0.137 e. The smallest absolute Gasteiger partial charge is 0.137 e. The summed E-state index contributed by atoms with van der Waals surface area (Å²) in [5.41, 5.74) is -2.23. The van der Waals surface area contributed by atoms with E-state index in [0.29, 0.717) is 11.1 Å². The van der Waals surface area contributed by atoms with Crippen molar-refractivity contribution in [2.75, 3.05) is 4.90 Å². The van der Waals surface area contributed by atoms with E-state index in [1.54, 1.807) is 18.2 Å². The molecule has 0 bridgehead atoms. The van der Waals surface area contributed by atoms with Crippen LogP contribution in [-0.2, 0) is 10.8 Å². The molecule has 0 fully saturated rings. The Morgan fingerprint density at radius 2 is 1.23 bits per heavy atom. The van der Waals surface area contributed by atoms with Gasteiger partial charge >= 0.3 is 0 Å². The Morgan fingerprint density at radius 3 is 2.17 bits per heavy atom. The average Bonchev–Trinajstić information content (AvgIpc) is 2.95. The summed E-state index contributed by atoms with van der Waals surface area (Å²) < 4.78 is 189. The molecule has 0 amide bonds. The highest BCUT2D eigenvalue weighted by atomic mass is 16.3. The predicted octanol–water partition coefficient (Wildman–Crippen LogP) is 16.2. The summed E-state index contributed by atoms with van der Waals surface area (Å²) in [5.74, 6) is 0. The number of para-hydroxylation sites is 1. The molecule has 12 rings (SSSR count). The fourth-order valence-electron chi connectivity index (χ4n) is 9.16. The summed E-state index contributed by atoms with van der Waals surface area (Å²) in [4.78, 5) is 0.994. The Morgan fingerprint density at radius 1 is 0.467 bits per heavy atom. The van der Waals surface area contributed by atoms with Crippen LogP contribution in [0.4, 0.5) is 17.1 Å². The van der Waals surface area contributed by atoms with Crippen LogP contribution in [0.3, 0.4) is 0 Å². The maximum atomic E-state index is 10.2. The Hall–Kier alpha value is -7.16. The molecule has 0 aliphatic heterocycles. The summed E-state index contributed by atoms with van der Waals surface area (Å²) in [5, 5.41) is 1.13. The van der Waals surface area contributed by atoms with Gasteiger partial charge in [0.05, 0.1) is 19.2 Å². The van der Waals surface area contributed by atoms with Crippen molar-refractivity contribution in [3.63, 3.8) is 0 Å². The fraction of sp³-hybridized carbons (Fsp3) is 0.103. The number of fused-ring (bicyclic) bond motifs is 10. The molecule has 0 spiro atoms. The first kappa shape index (κ1) is 20.2. The second-order valence-electron chi connectivity index (χ2n) is 15.7. The molecule has 2 heteroatoms. The predicted molar refractivity (Wildman–Crippen MR) is 252 cm³/mol. The molecule has 60 heavy (non-hydrogen) atoms. The van der Waals surface area contributed by atoms with Gasteiger partial charge in [-0.1, -0.05) is 161 Å². The number of benzene rings is 9. The van der Waals surface area contributed by atoms with E-state index < -0.39 is 149 Å². The van der Waals surface area contributed by atoms with E-state index in [2.05, 4.69) is 44.2 Å². The number of hydrogen-bond donors (Lipinski definition) is 0. The minimum atomic E-state index is -3.76. The molecule has 2 aliphatic rings. The van der Waals surface area contributed by atoms with Gasteiger partial charge in [0, 0.05) is 52.9 Å². The zero-order valence-electron chi connectivity index (χ0n) is 52.2. The average molecular weight is 790 g/mol. The number of rotatable bonds is 5. The molecule has 0 saturated carbocycles. The minimum Gasteiger partial charge on any atom is -0.456 e. The molecule has 0 unspecified atom stereocenters. The van der Waals surface area contributed by atoms with Gasteiger partial charge in [-0.3, -0.25) is 0 Å². The number of furan rings is 1. The lowest BCUT2D eigenvalue weighted by Gasteiger charge is -2.28. The van der Waals surface area contributed by atoms with Gasteiger partial charge in [0.2, 0.25) is 0 Å². The lowest BCUT2D eigenvalue weighted by molar-refractivity contribution is 0.660. The topological polar surface area (TPSA) is 16.4 Å². The van der Waals surface area contributed by atoms with Gasteiger partial charge in [0.25, 0.3) is 0 Å². The third kappa shape index (κ3) is 5.01. The van der Waals surface area contributed by atoms with Crippen LogP contribution in [0.15, 0.2) is 192 Å². The zero-order valence-corrected chi connectivity index (χ0v) is 32.2. The second-order valence-corrected chi connectivity index (χ2v) is 15.7. The number of nitrogens with zero attached hydrogens (tertiary/aromatic N) is 1. The molecule has 0 radical (unpaired) electrons. The highest BCUT2D eigenvalue weighted by Crippen LogP contribution is 2.53. The Bertz CT molecular complexity index is 4420. The van der Waals surface area contributed by atoms with Crippen LogP contribution in [0.5, 0.6) is 0 Å². The number of hydrogen-bond acceptors (Lipinski definition) is 2. The Kier molecular flexibility index (Phi) is 4.27. The van der Waals surface area contributed by atoms with Gasteiger partial charge in [-0.05, 0) is 126 Å². The van der Waals surface area contributed by atoms with E-state index in [1.807, 2.05) is 48.5 Å². The van der Waals surface area contributed by atoms with E-state index in [-0.39, 0.29) is 21.9 Å². The number of anilines is 3. The summed E-state index contributed by atoms with van der Waals surface area (Å²) >= 11 is 0. The van der Waals surface area contributed by atoms with Crippen LogP contribution in [0.25, 0.3) is 77.2 Å². The highest BCUT2D eigenvalue weighted by molar-refractivity contribution is 6.07. The van der Waals surface area contributed by atoms with Crippen molar-refractivity contribution in [3.8, 4) is 44.5 Å². The minimum absolute atomic E-state index is 0.0678. The molecule has 0 N–H and O–H groups in total. The summed E-state index contributed by atoms with van der Waals surface area (Å²) in [6, 6.07) is 21.0. The molecule has 286 valence electrons. The molecular weight excluding hydrogens is 727 g/mol. The molecule has 0 atom stereocenters. The highest BCUT2D eigenvalue weighted by Gasteiger charge is 2.37. The first-order chi connectivity index (χ1) is 37.6. The summed E-state index contributed by atoms with van der Waals surface area (Å²) in [7, 11) is 0. The Balaban J connectivity index is 1.20. The largest absolute Gasteiger partial charge is 0.456 e. The normalized spacial score (nSPS) is 19.4. The Labute approximate surface area is 379 Å². The summed E-state index contributed by atoms with van der Waals surface area (Å²) in [6.45, 7) is -3.16. The molecule has 0 saturated heterocycles. The molecular formula is C58H43NO. The van der Waals surface area contributed by atoms with Gasteiger partial charge in [0.15, 0.2) is 0 Å². The van der Waals surface area contributed by atoms with Gasteiger partial charge in [-0.2, -0.15) is 0 Å². The van der Waals surface area contributed by atoms with Crippen molar-refractivity contribution in [1.82, 2.24) is 0 Å². The van der Waals surface area contributed by atoms with Crippen LogP contribution < -0.4 is 4.90 Å². The van der Waals surface area contributed by atoms with Crippen molar-refractivity contribution in [1.29, 1.82) is 0 Å². The fourth-order valence-corrected chi connectivity index (χ4v) is 9.16. The molecule has 2 nitrogen and oxygen atoms in total. The van der Waals surface area contributed by atoms with E-state index in [9.17, 15) is 8.22 Å². The second kappa shape index (κ2) is 12.7. The van der Waals surface area contributed by atoms with E-state index in [1.165, 1.54) is 11.6 Å². The van der Waals surface area contributed by atoms with Crippen LogP contribution in [0.2, 0.25) is 0 Å². The van der Waals surface area contributed by atoms with E-state index in [0.717, 1.165) is 43.5 Å². The maximum absolute atomic E-state index is 10.2. The molecule has 2 aliphatic carbocycles. The van der Waals surface area contributed by atoms with E-state index in [4.69, 9.17) is 23.6 Å². The van der Waals surface area contributed by atoms with Gasteiger partial charge in [0.1, 0.15) is 11.2 Å². The van der Waals surface area contributed by atoms with Crippen LogP contribution >= 0.6 is 0 Å². The van der Waals surface area contributed by atoms with Crippen molar-refractivity contribution in [2.45, 2.75) is 38.4 Å². The van der Waals surface area contributed by atoms with Gasteiger partial charge < -0.3 is 9.32 Å². The van der Waals surface area contributed by atoms with Crippen molar-refractivity contribution in [3.05, 3.63) is 210 Å². The third-order valence-electron chi connectivity index (χ3n) is 12.0. The zero-order chi connectivity index (χ0) is 57.5. The quantitative estimate of drug-likeness (QED) is 0.173. The van der Waals surface area contributed by atoms with Crippen LogP contribution in [-0.4, -0.2) is 0 Å². The SMILES string of the molecule is [2H]c1c([2H])c([2H])c2c(c1[2H])-c1c([2H])c([2H])c(N(c3cccc(-c4ccc5ccccc5c4-c4ccc5c(c4)-c4ccccc4C5(C)C)c3)c3c([2H])c([2H])c4c(oc5c([2H])c([2H])c([2H])c([2H])c54)c3[2H])c([2H])c1C2(C([2H])([2H])[2H])C([2H])([2H])[2H]. The monoisotopic (exact) mass is 789 g/mol. The van der Waals surface area contributed by atoms with Crippen molar-refractivity contribution < 1.29 is 31.8 Å². The third-order valence-corrected chi connectivity index (χ3v) is 12.0.